The zero-order chi connectivity index (χ0) is 29.2. The SMILES string of the molecule is C=CCOc1ccc(C2/C(=C(\O)c3ccc(OCCC)cc3)C(=O)C(=O)N2CCCN2CCOCC2)cc1OCC. The van der Waals surface area contributed by atoms with Crippen molar-refractivity contribution in [1.82, 2.24) is 9.80 Å². The Balaban J connectivity index is 1.71. The highest BCUT2D eigenvalue weighted by molar-refractivity contribution is 6.46. The lowest BCUT2D eigenvalue weighted by Crippen LogP contribution is -2.39. The number of carbonyl (C=O) groups is 2. The van der Waals surface area contributed by atoms with Crippen LogP contribution < -0.4 is 14.2 Å². The summed E-state index contributed by atoms with van der Waals surface area (Å²) >= 11 is 0. The Hall–Kier alpha value is -3.82. The molecule has 2 aliphatic rings. The first-order chi connectivity index (χ1) is 20.0. The van der Waals surface area contributed by atoms with E-state index in [1.165, 1.54) is 0 Å². The van der Waals surface area contributed by atoms with E-state index in [4.69, 9.17) is 18.9 Å². The molecule has 9 heteroatoms. The molecule has 1 N–H and O–H groups in total. The Morgan fingerprint density at radius 3 is 2.46 bits per heavy atom. The number of Topliss-reactive ketones (excluding diaryl/α,β-unsaturated/α-hetero) is 1. The van der Waals surface area contributed by atoms with Crippen LogP contribution in [0.5, 0.6) is 17.2 Å². The van der Waals surface area contributed by atoms with Gasteiger partial charge in [-0.15, -0.1) is 0 Å². The normalized spacial score (nSPS) is 18.9. The summed E-state index contributed by atoms with van der Waals surface area (Å²) in [6.07, 6.45) is 3.19. The van der Waals surface area contributed by atoms with Gasteiger partial charge in [-0.1, -0.05) is 25.6 Å². The third-order valence-corrected chi connectivity index (χ3v) is 7.06. The highest BCUT2D eigenvalue weighted by Gasteiger charge is 2.46. The van der Waals surface area contributed by atoms with Gasteiger partial charge >= 0.3 is 0 Å². The van der Waals surface area contributed by atoms with Crippen LogP contribution in [0.1, 0.15) is 43.9 Å². The summed E-state index contributed by atoms with van der Waals surface area (Å²) in [7, 11) is 0. The Morgan fingerprint density at radius 2 is 1.78 bits per heavy atom. The Labute approximate surface area is 241 Å². The molecule has 0 bridgehead atoms. The fourth-order valence-electron chi connectivity index (χ4n) is 5.06. The van der Waals surface area contributed by atoms with Gasteiger partial charge in [0.25, 0.3) is 11.7 Å². The molecule has 1 unspecified atom stereocenters. The summed E-state index contributed by atoms with van der Waals surface area (Å²) in [6.45, 7) is 13.1. The number of nitrogens with zero attached hydrogens (tertiary/aromatic N) is 2. The van der Waals surface area contributed by atoms with Gasteiger partial charge in [-0.3, -0.25) is 14.5 Å². The standard InChI is InChI=1S/C32H40N2O7/c1-4-18-40-25-11-8-23(9-12-25)30(35)28-29(24-10-13-26(41-19-5-2)27(22-24)39-6-3)34(32(37)31(28)36)15-7-14-33-16-20-38-21-17-33/h5,8-13,22,29,35H,2,4,6-7,14-21H2,1,3H3/b30-28+. The third-order valence-electron chi connectivity index (χ3n) is 7.06. The third kappa shape index (κ3) is 7.28. The average Bonchev–Trinajstić information content (AvgIpc) is 3.25. The number of aliphatic hydroxyl groups is 1. The molecule has 1 atom stereocenters. The lowest BCUT2D eigenvalue weighted by molar-refractivity contribution is -0.140. The maximum Gasteiger partial charge on any atom is 0.295 e. The van der Waals surface area contributed by atoms with E-state index in [1.54, 1.807) is 53.4 Å². The summed E-state index contributed by atoms with van der Waals surface area (Å²) < 4.78 is 22.7. The van der Waals surface area contributed by atoms with E-state index in [0.29, 0.717) is 74.4 Å². The molecule has 0 saturated carbocycles. The van der Waals surface area contributed by atoms with Gasteiger partial charge in [0.15, 0.2) is 11.5 Å². The van der Waals surface area contributed by atoms with Gasteiger partial charge < -0.3 is 29.0 Å². The van der Waals surface area contributed by atoms with Crippen LogP contribution in [0.3, 0.4) is 0 Å². The highest BCUT2D eigenvalue weighted by atomic mass is 16.5. The molecule has 2 fully saturated rings. The summed E-state index contributed by atoms with van der Waals surface area (Å²) in [5, 5.41) is 11.4. The van der Waals surface area contributed by atoms with Gasteiger partial charge in [0.2, 0.25) is 0 Å². The second-order valence-electron chi connectivity index (χ2n) is 9.91. The second kappa shape index (κ2) is 14.7. The van der Waals surface area contributed by atoms with Crippen molar-refractivity contribution in [2.24, 2.45) is 0 Å². The smallest absolute Gasteiger partial charge is 0.295 e. The maximum atomic E-state index is 13.5. The first-order valence-corrected chi connectivity index (χ1v) is 14.3. The molecule has 2 saturated heterocycles. The zero-order valence-corrected chi connectivity index (χ0v) is 24.0. The number of morpholine rings is 1. The second-order valence-corrected chi connectivity index (χ2v) is 9.91. The number of carbonyl (C=O) groups excluding carboxylic acids is 2. The number of hydrogen-bond acceptors (Lipinski definition) is 8. The van der Waals surface area contributed by atoms with E-state index in [1.807, 2.05) is 13.8 Å². The lowest BCUT2D eigenvalue weighted by atomic mass is 9.95. The van der Waals surface area contributed by atoms with Gasteiger partial charge in [-0.25, -0.2) is 0 Å². The largest absolute Gasteiger partial charge is 0.507 e. The number of rotatable bonds is 14. The van der Waals surface area contributed by atoms with E-state index in [-0.39, 0.29) is 11.3 Å². The van der Waals surface area contributed by atoms with Crippen molar-refractivity contribution >= 4 is 17.4 Å². The molecule has 2 aromatic rings. The molecule has 1 amide bonds. The number of benzene rings is 2. The fourth-order valence-corrected chi connectivity index (χ4v) is 5.06. The number of hydrogen-bond donors (Lipinski definition) is 1. The zero-order valence-electron chi connectivity index (χ0n) is 24.0. The van der Waals surface area contributed by atoms with Crippen LogP contribution in [-0.2, 0) is 14.3 Å². The van der Waals surface area contributed by atoms with Crippen LogP contribution in [0, 0.1) is 0 Å². The summed E-state index contributed by atoms with van der Waals surface area (Å²) in [5.74, 6) is 0.114. The first kappa shape index (κ1) is 30.1. The molecule has 4 rings (SSSR count). The van der Waals surface area contributed by atoms with Gasteiger partial charge in [0, 0.05) is 31.7 Å². The Kier molecular flexibility index (Phi) is 10.8. The lowest BCUT2D eigenvalue weighted by Gasteiger charge is -2.29. The minimum absolute atomic E-state index is 0.0470. The quantitative estimate of drug-likeness (QED) is 0.154. The Bertz CT molecular complexity index is 1240. The number of likely N-dealkylation sites (tertiary alicyclic amines) is 1. The summed E-state index contributed by atoms with van der Waals surface area (Å²) in [5.41, 5.74) is 1.13. The van der Waals surface area contributed by atoms with Crippen molar-refractivity contribution in [3.05, 3.63) is 71.8 Å². The van der Waals surface area contributed by atoms with Gasteiger partial charge in [-0.05, 0) is 61.7 Å². The number of aliphatic hydroxyl groups excluding tert-OH is 1. The van der Waals surface area contributed by atoms with Crippen LogP contribution in [0.4, 0.5) is 0 Å². The van der Waals surface area contributed by atoms with E-state index >= 15 is 0 Å². The monoisotopic (exact) mass is 564 g/mol. The molecule has 2 aliphatic heterocycles. The molecule has 0 radical (unpaired) electrons. The molecule has 2 aromatic carbocycles. The number of amides is 1. The maximum absolute atomic E-state index is 13.5. The summed E-state index contributed by atoms with van der Waals surface area (Å²) in [4.78, 5) is 30.7. The number of ketones is 1. The predicted molar refractivity (Wildman–Crippen MR) is 156 cm³/mol. The molecule has 0 aromatic heterocycles. The summed E-state index contributed by atoms with van der Waals surface area (Å²) in [6, 6.07) is 11.4. The van der Waals surface area contributed by atoms with E-state index < -0.39 is 17.7 Å². The van der Waals surface area contributed by atoms with Crippen molar-refractivity contribution in [2.45, 2.75) is 32.7 Å². The van der Waals surface area contributed by atoms with Crippen LogP contribution in [0.15, 0.2) is 60.7 Å². The minimum Gasteiger partial charge on any atom is -0.507 e. The topological polar surface area (TPSA) is 97.8 Å². The van der Waals surface area contributed by atoms with Crippen LogP contribution in [0.2, 0.25) is 0 Å². The van der Waals surface area contributed by atoms with Crippen LogP contribution in [0.25, 0.3) is 5.76 Å². The van der Waals surface area contributed by atoms with Crippen molar-refractivity contribution in [3.63, 3.8) is 0 Å². The number of ether oxygens (including phenoxy) is 4. The van der Waals surface area contributed by atoms with Crippen LogP contribution in [-0.4, -0.2) is 85.8 Å². The van der Waals surface area contributed by atoms with Crippen molar-refractivity contribution in [3.8, 4) is 17.2 Å². The molecular weight excluding hydrogens is 524 g/mol. The Morgan fingerprint density at radius 1 is 1.02 bits per heavy atom. The fraction of sp³-hybridized carbons (Fsp3) is 0.438. The molecule has 0 spiro atoms. The molecule has 41 heavy (non-hydrogen) atoms. The first-order valence-electron chi connectivity index (χ1n) is 14.3. The predicted octanol–water partition coefficient (Wildman–Crippen LogP) is 4.58. The van der Waals surface area contributed by atoms with E-state index in [9.17, 15) is 14.7 Å². The highest BCUT2D eigenvalue weighted by Crippen LogP contribution is 2.42. The minimum atomic E-state index is -0.789. The molecule has 0 aliphatic carbocycles. The average molecular weight is 565 g/mol. The van der Waals surface area contributed by atoms with Crippen molar-refractivity contribution in [1.29, 1.82) is 0 Å². The molecule has 9 nitrogen and oxygen atoms in total. The van der Waals surface area contributed by atoms with Crippen LogP contribution >= 0.6 is 0 Å². The molecule has 2 heterocycles. The van der Waals surface area contributed by atoms with E-state index in [2.05, 4.69) is 11.5 Å². The van der Waals surface area contributed by atoms with Gasteiger partial charge in [0.1, 0.15) is 18.1 Å². The molecule has 220 valence electrons. The van der Waals surface area contributed by atoms with Gasteiger partial charge in [-0.2, -0.15) is 0 Å². The van der Waals surface area contributed by atoms with Gasteiger partial charge in [0.05, 0.1) is 38.0 Å². The molecular formula is C32H40N2O7. The van der Waals surface area contributed by atoms with E-state index in [0.717, 1.165) is 26.1 Å². The van der Waals surface area contributed by atoms with Crippen molar-refractivity contribution in [2.75, 3.05) is 59.2 Å². The van der Waals surface area contributed by atoms with Crippen molar-refractivity contribution < 1.29 is 33.6 Å².